The predicted molar refractivity (Wildman–Crippen MR) is 109 cm³/mol. The van der Waals surface area contributed by atoms with Gasteiger partial charge in [0.2, 0.25) is 0 Å². The van der Waals surface area contributed by atoms with Gasteiger partial charge in [-0.25, -0.2) is 9.97 Å². The summed E-state index contributed by atoms with van der Waals surface area (Å²) in [5, 5.41) is 9.09. The molecule has 0 aromatic carbocycles. The maximum Gasteiger partial charge on any atom is 0.187 e. The molecule has 4 heterocycles. The number of quaternary nitrogens is 1. The molecule has 1 aliphatic rings. The molecular formula is C19H25N4OS2+. The number of rotatable bonds is 4. The molecule has 0 unspecified atom stereocenters. The van der Waals surface area contributed by atoms with Crippen molar-refractivity contribution in [2.24, 2.45) is 0 Å². The molecule has 0 radical (unpaired) electrons. The normalized spacial score (nSPS) is 16.3. The zero-order valence-electron chi connectivity index (χ0n) is 15.5. The fourth-order valence-electron chi connectivity index (χ4n) is 3.18. The molecule has 0 amide bonds. The quantitative estimate of drug-likeness (QED) is 0.720. The predicted octanol–water partition coefficient (Wildman–Crippen LogP) is 3.05. The second kappa shape index (κ2) is 7.23. The third-order valence-corrected chi connectivity index (χ3v) is 6.14. The van der Waals surface area contributed by atoms with Crippen LogP contribution in [-0.4, -0.2) is 41.8 Å². The van der Waals surface area contributed by atoms with Crippen molar-refractivity contribution in [1.29, 1.82) is 0 Å². The first kappa shape index (κ1) is 17.9. The minimum Gasteiger partial charge on any atom is -0.370 e. The summed E-state index contributed by atoms with van der Waals surface area (Å²) in [6.07, 6.45) is 0. The lowest BCUT2D eigenvalue weighted by Crippen LogP contribution is -3.12. The Morgan fingerprint density at radius 2 is 2.00 bits per heavy atom. The number of aromatic nitrogens is 2. The van der Waals surface area contributed by atoms with Gasteiger partial charge in [-0.2, -0.15) is 0 Å². The maximum atomic E-state index is 5.47. The van der Waals surface area contributed by atoms with E-state index in [4.69, 9.17) is 14.7 Å². The van der Waals surface area contributed by atoms with Gasteiger partial charge in [0.05, 0.1) is 18.6 Å². The number of morpholine rings is 1. The molecule has 26 heavy (non-hydrogen) atoms. The Morgan fingerprint density at radius 3 is 2.69 bits per heavy atom. The van der Waals surface area contributed by atoms with Crippen LogP contribution in [0.1, 0.15) is 26.6 Å². The van der Waals surface area contributed by atoms with Crippen LogP contribution in [-0.2, 0) is 11.3 Å². The van der Waals surface area contributed by atoms with E-state index in [0.29, 0.717) is 0 Å². The Bertz CT molecular complexity index is 877. The molecule has 1 saturated heterocycles. The van der Waals surface area contributed by atoms with E-state index in [2.05, 4.69) is 49.0 Å². The maximum absolute atomic E-state index is 5.47. The average molecular weight is 390 g/mol. The number of ether oxygens (including phenoxy) is 1. The van der Waals surface area contributed by atoms with Gasteiger partial charge in [-0.3, -0.25) is 0 Å². The summed E-state index contributed by atoms with van der Waals surface area (Å²) in [6.45, 7) is 11.1. The van der Waals surface area contributed by atoms with Gasteiger partial charge >= 0.3 is 0 Å². The van der Waals surface area contributed by atoms with Crippen molar-refractivity contribution in [2.75, 3.05) is 31.6 Å². The number of thiophene rings is 2. The van der Waals surface area contributed by atoms with Gasteiger partial charge in [0.25, 0.3) is 0 Å². The van der Waals surface area contributed by atoms with Crippen LogP contribution in [0.2, 0.25) is 0 Å². The third kappa shape index (κ3) is 3.91. The molecule has 1 aliphatic heterocycles. The second-order valence-corrected chi connectivity index (χ2v) is 9.52. The van der Waals surface area contributed by atoms with E-state index in [1.807, 2.05) is 0 Å². The fraction of sp³-hybridized carbons (Fsp3) is 0.474. The Morgan fingerprint density at radius 1 is 1.19 bits per heavy atom. The van der Waals surface area contributed by atoms with Crippen LogP contribution < -0.4 is 10.2 Å². The van der Waals surface area contributed by atoms with Gasteiger partial charge < -0.3 is 15.0 Å². The number of nitrogens with zero attached hydrogens (tertiary/aromatic N) is 2. The Balaban J connectivity index is 1.76. The van der Waals surface area contributed by atoms with Crippen LogP contribution in [0.4, 0.5) is 5.82 Å². The van der Waals surface area contributed by atoms with Crippen LogP contribution in [0.3, 0.4) is 0 Å². The number of nitrogens with one attached hydrogen (secondary N) is 2. The van der Waals surface area contributed by atoms with Crippen molar-refractivity contribution in [3.05, 3.63) is 28.7 Å². The molecule has 5 nitrogen and oxygen atoms in total. The van der Waals surface area contributed by atoms with Crippen molar-refractivity contribution >= 4 is 38.7 Å². The minimum absolute atomic E-state index is 0.0565. The monoisotopic (exact) mass is 389 g/mol. The molecule has 3 aromatic rings. The molecule has 1 fully saturated rings. The average Bonchev–Trinajstić information content (AvgIpc) is 3.23. The van der Waals surface area contributed by atoms with E-state index >= 15 is 0 Å². The summed E-state index contributed by atoms with van der Waals surface area (Å²) < 4.78 is 5.47. The Labute approximate surface area is 162 Å². The van der Waals surface area contributed by atoms with Crippen molar-refractivity contribution in [1.82, 2.24) is 9.97 Å². The molecular weight excluding hydrogens is 364 g/mol. The number of fused-ring (bicyclic) bond motifs is 1. The molecule has 7 heteroatoms. The fourth-order valence-corrected chi connectivity index (χ4v) is 4.96. The summed E-state index contributed by atoms with van der Waals surface area (Å²) in [6, 6.07) is 4.26. The standard InChI is InChI=1S/C19H24N4OS2/c1-19(2,3)22-17-16-13(14-5-4-10-25-14)12-26-18(16)21-15(20-17)11-23-6-8-24-9-7-23/h4-5,10,12H,6-9,11H2,1-3H3,(H,20,21,22)/p+1. The molecule has 2 N–H and O–H groups in total. The van der Waals surface area contributed by atoms with Crippen molar-refractivity contribution < 1.29 is 9.64 Å². The van der Waals surface area contributed by atoms with Gasteiger partial charge in [0, 0.05) is 21.4 Å². The SMILES string of the molecule is CC(C)(C)Nc1nc(C[NH+]2CCOCC2)nc2scc(-c3cccs3)c12. The molecule has 4 rings (SSSR count). The van der Waals surface area contributed by atoms with E-state index in [-0.39, 0.29) is 5.54 Å². The summed E-state index contributed by atoms with van der Waals surface area (Å²) in [7, 11) is 0. The highest BCUT2D eigenvalue weighted by Gasteiger charge is 2.22. The van der Waals surface area contributed by atoms with E-state index in [1.165, 1.54) is 15.3 Å². The first-order valence-corrected chi connectivity index (χ1v) is 10.8. The Kier molecular flexibility index (Phi) is 4.96. The molecule has 0 bridgehead atoms. The number of hydrogen-bond donors (Lipinski definition) is 2. The Hall–Kier alpha value is -1.54. The van der Waals surface area contributed by atoms with Gasteiger partial charge in [-0.15, -0.1) is 22.7 Å². The molecule has 0 saturated carbocycles. The summed E-state index contributed by atoms with van der Waals surface area (Å²) in [4.78, 5) is 13.7. The van der Waals surface area contributed by atoms with Crippen LogP contribution in [0, 0.1) is 0 Å². The lowest BCUT2D eigenvalue weighted by atomic mass is 10.1. The van der Waals surface area contributed by atoms with E-state index in [1.54, 1.807) is 22.7 Å². The van der Waals surface area contributed by atoms with Gasteiger partial charge in [0.1, 0.15) is 30.3 Å². The van der Waals surface area contributed by atoms with Gasteiger partial charge in [0.15, 0.2) is 5.82 Å². The van der Waals surface area contributed by atoms with Crippen LogP contribution in [0.15, 0.2) is 22.9 Å². The summed E-state index contributed by atoms with van der Waals surface area (Å²) in [5.41, 5.74) is 1.18. The van der Waals surface area contributed by atoms with Gasteiger partial charge in [-0.05, 0) is 32.2 Å². The van der Waals surface area contributed by atoms with E-state index < -0.39 is 0 Å². The first-order valence-electron chi connectivity index (χ1n) is 9.01. The largest absolute Gasteiger partial charge is 0.370 e. The zero-order chi connectivity index (χ0) is 18.1. The first-order chi connectivity index (χ1) is 12.5. The third-order valence-electron chi connectivity index (χ3n) is 4.37. The smallest absolute Gasteiger partial charge is 0.187 e. The molecule has 0 spiro atoms. The molecule has 138 valence electrons. The number of hydrogen-bond acceptors (Lipinski definition) is 6. The van der Waals surface area contributed by atoms with Crippen molar-refractivity contribution in [2.45, 2.75) is 32.9 Å². The topological polar surface area (TPSA) is 51.5 Å². The zero-order valence-corrected chi connectivity index (χ0v) is 17.1. The lowest BCUT2D eigenvalue weighted by molar-refractivity contribution is -0.922. The number of anilines is 1. The highest BCUT2D eigenvalue weighted by atomic mass is 32.1. The van der Waals surface area contributed by atoms with Crippen LogP contribution in [0.5, 0.6) is 0 Å². The highest BCUT2D eigenvalue weighted by molar-refractivity contribution is 7.18. The molecule has 0 atom stereocenters. The lowest BCUT2D eigenvalue weighted by Gasteiger charge is -2.24. The minimum atomic E-state index is -0.0565. The van der Waals surface area contributed by atoms with Crippen LogP contribution in [0.25, 0.3) is 20.7 Å². The second-order valence-electron chi connectivity index (χ2n) is 7.71. The summed E-state index contributed by atoms with van der Waals surface area (Å²) in [5.74, 6) is 1.87. The summed E-state index contributed by atoms with van der Waals surface area (Å²) >= 11 is 3.47. The van der Waals surface area contributed by atoms with Crippen molar-refractivity contribution in [3.63, 3.8) is 0 Å². The molecule has 3 aromatic heterocycles. The van der Waals surface area contributed by atoms with E-state index in [0.717, 1.165) is 54.7 Å². The highest BCUT2D eigenvalue weighted by Crippen LogP contribution is 2.39. The van der Waals surface area contributed by atoms with Crippen molar-refractivity contribution in [3.8, 4) is 10.4 Å². The van der Waals surface area contributed by atoms with Gasteiger partial charge in [-0.1, -0.05) is 6.07 Å². The van der Waals surface area contributed by atoms with Crippen LogP contribution >= 0.6 is 22.7 Å². The van der Waals surface area contributed by atoms with E-state index in [9.17, 15) is 0 Å². The molecule has 0 aliphatic carbocycles.